The summed E-state index contributed by atoms with van der Waals surface area (Å²) in [7, 11) is 0. The zero-order valence-corrected chi connectivity index (χ0v) is 14.4. The Hall–Kier alpha value is -0.200. The number of benzene rings is 1. The molecular weight excluding hydrogens is 390 g/mol. The average Bonchev–Trinajstić information content (AvgIpc) is 2.81. The molecule has 0 amide bonds. The lowest BCUT2D eigenvalue weighted by Crippen LogP contribution is -2.18. The molecule has 0 radical (unpaired) electrons. The molecule has 0 unspecified atom stereocenters. The van der Waals surface area contributed by atoms with Gasteiger partial charge in [-0.25, -0.2) is 0 Å². The minimum absolute atomic E-state index is 0.646. The van der Waals surface area contributed by atoms with Gasteiger partial charge in [-0.3, -0.25) is 0 Å². The molecule has 1 aromatic carbocycles. The van der Waals surface area contributed by atoms with E-state index in [4.69, 9.17) is 4.74 Å². The molecule has 0 spiro atoms. The third-order valence-corrected chi connectivity index (χ3v) is 5.03. The van der Waals surface area contributed by atoms with E-state index < -0.39 is 0 Å². The lowest BCUT2D eigenvalue weighted by molar-refractivity contribution is 0.122. The molecule has 2 aromatic rings. The maximum Gasteiger partial charge on any atom is 0.0728 e. The molecule has 2 rings (SSSR count). The molecule has 0 aliphatic heterocycles. The number of hydrogen-bond acceptors (Lipinski definition) is 3. The Labute approximate surface area is 134 Å². The van der Waals surface area contributed by atoms with Crippen molar-refractivity contribution in [2.75, 3.05) is 13.2 Å². The van der Waals surface area contributed by atoms with Gasteiger partial charge in [0.05, 0.1) is 13.2 Å². The Morgan fingerprint density at radius 2 is 2.05 bits per heavy atom. The average molecular weight is 405 g/mol. The minimum Gasteiger partial charge on any atom is -0.375 e. The van der Waals surface area contributed by atoms with Crippen LogP contribution in [0.4, 0.5) is 0 Å². The van der Waals surface area contributed by atoms with Gasteiger partial charge in [-0.15, -0.1) is 11.3 Å². The van der Waals surface area contributed by atoms with Gasteiger partial charge in [-0.2, -0.15) is 0 Å². The molecule has 0 aliphatic carbocycles. The van der Waals surface area contributed by atoms with Gasteiger partial charge in [0.2, 0.25) is 0 Å². The topological polar surface area (TPSA) is 21.3 Å². The molecule has 0 saturated carbocycles. The number of thiophene rings is 1. The molecule has 1 N–H and O–H groups in total. The van der Waals surface area contributed by atoms with Crippen molar-refractivity contribution in [2.24, 2.45) is 0 Å². The van der Waals surface area contributed by atoms with Crippen LogP contribution in [-0.4, -0.2) is 13.2 Å². The first-order chi connectivity index (χ1) is 9.25. The van der Waals surface area contributed by atoms with E-state index in [0.717, 1.165) is 22.0 Å². The van der Waals surface area contributed by atoms with E-state index in [9.17, 15) is 0 Å². The van der Waals surface area contributed by atoms with Crippen LogP contribution in [0, 0.1) is 0 Å². The quantitative estimate of drug-likeness (QED) is 0.682. The summed E-state index contributed by atoms with van der Waals surface area (Å²) < 4.78 is 7.90. The summed E-state index contributed by atoms with van der Waals surface area (Å²) in [6, 6.07) is 10.3. The molecule has 0 bridgehead atoms. The standard InChI is InChI=1S/C14H15Br2NOS/c15-12-7-13(19-10-12)8-17-5-6-18-9-11-3-1-2-4-14(11)16/h1-4,7,10,17H,5-6,8-9H2. The maximum absolute atomic E-state index is 5.65. The summed E-state index contributed by atoms with van der Waals surface area (Å²) in [6.45, 7) is 3.12. The molecule has 5 heteroatoms. The summed E-state index contributed by atoms with van der Waals surface area (Å²) in [4.78, 5) is 1.33. The fourth-order valence-electron chi connectivity index (χ4n) is 1.60. The second-order valence-corrected chi connectivity index (χ2v) is 6.82. The van der Waals surface area contributed by atoms with Crippen LogP contribution in [0.1, 0.15) is 10.4 Å². The zero-order valence-electron chi connectivity index (χ0n) is 10.4. The van der Waals surface area contributed by atoms with Crippen molar-refractivity contribution in [3.05, 3.63) is 55.1 Å². The summed E-state index contributed by atoms with van der Waals surface area (Å²) in [5.41, 5.74) is 1.18. The predicted molar refractivity (Wildman–Crippen MR) is 87.5 cm³/mol. The smallest absolute Gasteiger partial charge is 0.0728 e. The van der Waals surface area contributed by atoms with Crippen LogP contribution in [0.5, 0.6) is 0 Å². The van der Waals surface area contributed by atoms with Crippen LogP contribution in [0.3, 0.4) is 0 Å². The first-order valence-corrected chi connectivity index (χ1v) is 8.47. The van der Waals surface area contributed by atoms with Gasteiger partial charge < -0.3 is 10.1 Å². The summed E-state index contributed by atoms with van der Waals surface area (Å²) in [6.07, 6.45) is 0. The van der Waals surface area contributed by atoms with Gasteiger partial charge in [-0.1, -0.05) is 34.1 Å². The first kappa shape index (κ1) is 15.2. The Bertz CT molecular complexity index is 516. The molecule has 0 saturated heterocycles. The number of nitrogens with one attached hydrogen (secondary N) is 1. The van der Waals surface area contributed by atoms with E-state index in [1.807, 2.05) is 18.2 Å². The van der Waals surface area contributed by atoms with E-state index in [2.05, 4.69) is 54.7 Å². The van der Waals surface area contributed by atoms with Crippen molar-refractivity contribution in [3.8, 4) is 0 Å². The highest BCUT2D eigenvalue weighted by Gasteiger charge is 1.99. The Balaban J connectivity index is 1.59. The van der Waals surface area contributed by atoms with Crippen LogP contribution in [0.15, 0.2) is 44.7 Å². The van der Waals surface area contributed by atoms with Crippen molar-refractivity contribution in [1.82, 2.24) is 5.32 Å². The third kappa shape index (κ3) is 5.36. The lowest BCUT2D eigenvalue weighted by Gasteiger charge is -2.07. The summed E-state index contributed by atoms with van der Waals surface area (Å²) >= 11 is 8.72. The van der Waals surface area contributed by atoms with Crippen molar-refractivity contribution in [2.45, 2.75) is 13.2 Å². The lowest BCUT2D eigenvalue weighted by atomic mass is 10.2. The van der Waals surface area contributed by atoms with Crippen LogP contribution in [0.2, 0.25) is 0 Å². The van der Waals surface area contributed by atoms with E-state index in [1.54, 1.807) is 11.3 Å². The van der Waals surface area contributed by atoms with E-state index in [-0.39, 0.29) is 0 Å². The molecule has 0 aliphatic rings. The molecule has 19 heavy (non-hydrogen) atoms. The van der Waals surface area contributed by atoms with Gasteiger partial charge >= 0.3 is 0 Å². The molecule has 0 atom stereocenters. The second kappa shape index (κ2) is 8.17. The van der Waals surface area contributed by atoms with Gasteiger partial charge in [-0.05, 0) is 33.6 Å². The van der Waals surface area contributed by atoms with Gasteiger partial charge in [0, 0.05) is 32.3 Å². The van der Waals surface area contributed by atoms with Crippen molar-refractivity contribution in [3.63, 3.8) is 0 Å². The molecule has 2 nitrogen and oxygen atoms in total. The first-order valence-electron chi connectivity index (χ1n) is 6.00. The summed E-state index contributed by atoms with van der Waals surface area (Å²) in [5.74, 6) is 0. The zero-order chi connectivity index (χ0) is 13.5. The van der Waals surface area contributed by atoms with Crippen LogP contribution >= 0.6 is 43.2 Å². The molecule has 0 fully saturated rings. The van der Waals surface area contributed by atoms with E-state index >= 15 is 0 Å². The summed E-state index contributed by atoms with van der Waals surface area (Å²) in [5, 5.41) is 5.47. The Kier molecular flexibility index (Phi) is 6.53. The van der Waals surface area contributed by atoms with Crippen molar-refractivity contribution < 1.29 is 4.74 Å². The van der Waals surface area contributed by atoms with E-state index in [1.165, 1.54) is 10.4 Å². The second-order valence-electron chi connectivity index (χ2n) is 4.05. The van der Waals surface area contributed by atoms with Crippen molar-refractivity contribution in [1.29, 1.82) is 0 Å². The van der Waals surface area contributed by atoms with Crippen LogP contribution < -0.4 is 5.32 Å². The minimum atomic E-state index is 0.646. The highest BCUT2D eigenvalue weighted by Crippen LogP contribution is 2.19. The number of ether oxygens (including phenoxy) is 1. The van der Waals surface area contributed by atoms with Gasteiger partial charge in [0.25, 0.3) is 0 Å². The Morgan fingerprint density at radius 3 is 2.79 bits per heavy atom. The monoisotopic (exact) mass is 403 g/mol. The highest BCUT2D eigenvalue weighted by molar-refractivity contribution is 9.10. The van der Waals surface area contributed by atoms with Gasteiger partial charge in [0.15, 0.2) is 0 Å². The fraction of sp³-hybridized carbons (Fsp3) is 0.286. The number of halogens is 2. The SMILES string of the molecule is Brc1csc(CNCCOCc2ccccc2Br)c1. The Morgan fingerprint density at radius 1 is 1.21 bits per heavy atom. The maximum atomic E-state index is 5.65. The number of hydrogen-bond donors (Lipinski definition) is 1. The molecule has 1 aromatic heterocycles. The number of rotatable bonds is 7. The molecule has 1 heterocycles. The van der Waals surface area contributed by atoms with Crippen LogP contribution in [0.25, 0.3) is 0 Å². The van der Waals surface area contributed by atoms with Crippen LogP contribution in [-0.2, 0) is 17.9 Å². The third-order valence-electron chi connectivity index (χ3n) is 2.56. The predicted octanol–water partition coefficient (Wildman–Crippen LogP) is 4.58. The van der Waals surface area contributed by atoms with Gasteiger partial charge in [0.1, 0.15) is 0 Å². The van der Waals surface area contributed by atoms with Crippen molar-refractivity contribution >= 4 is 43.2 Å². The normalized spacial score (nSPS) is 10.8. The largest absolute Gasteiger partial charge is 0.375 e. The van der Waals surface area contributed by atoms with E-state index in [0.29, 0.717) is 13.2 Å². The molecular formula is C14H15Br2NOS. The molecule has 102 valence electrons. The fourth-order valence-corrected chi connectivity index (χ4v) is 3.42. The highest BCUT2D eigenvalue weighted by atomic mass is 79.9.